The molecule has 0 unspecified atom stereocenters. The summed E-state index contributed by atoms with van der Waals surface area (Å²) in [5.41, 5.74) is 4.51. The van der Waals surface area contributed by atoms with Crippen LogP contribution in [0.1, 0.15) is 23.4 Å². The molecule has 9 nitrogen and oxygen atoms in total. The van der Waals surface area contributed by atoms with E-state index >= 15 is 0 Å². The number of amides is 1. The van der Waals surface area contributed by atoms with Gasteiger partial charge >= 0.3 is 5.97 Å². The number of benzene rings is 1. The minimum absolute atomic E-state index is 0.199. The monoisotopic (exact) mass is 392 g/mol. The number of rotatable bonds is 6. The molecule has 4 aromatic rings. The Bertz CT molecular complexity index is 1240. The molecule has 3 heterocycles. The minimum Gasteiger partial charge on any atom is -0.480 e. The maximum Gasteiger partial charge on any atom is 0.325 e. The maximum absolute atomic E-state index is 12.3. The van der Waals surface area contributed by atoms with Gasteiger partial charge in [-0.05, 0) is 38.0 Å². The second-order valence-corrected chi connectivity index (χ2v) is 6.85. The molecule has 1 amide bonds. The zero-order valence-corrected chi connectivity index (χ0v) is 16.1. The van der Waals surface area contributed by atoms with Crippen molar-refractivity contribution in [2.45, 2.75) is 33.2 Å². The van der Waals surface area contributed by atoms with Crippen molar-refractivity contribution in [1.29, 1.82) is 0 Å². The number of carbonyl (C=O) groups is 2. The van der Waals surface area contributed by atoms with E-state index in [9.17, 15) is 9.59 Å². The van der Waals surface area contributed by atoms with Gasteiger partial charge in [-0.15, -0.1) is 0 Å². The highest BCUT2D eigenvalue weighted by molar-refractivity contribution is 5.92. The number of carbonyl (C=O) groups excluding carboxylic acids is 1. The molecule has 0 fully saturated rings. The van der Waals surface area contributed by atoms with Crippen LogP contribution in [0.25, 0.3) is 16.6 Å². The highest BCUT2D eigenvalue weighted by Gasteiger charge is 2.15. The van der Waals surface area contributed by atoms with Crippen molar-refractivity contribution in [2.24, 2.45) is 0 Å². The summed E-state index contributed by atoms with van der Waals surface area (Å²) in [6.07, 6.45) is 2.28. The first-order valence-electron chi connectivity index (χ1n) is 9.21. The summed E-state index contributed by atoms with van der Waals surface area (Å²) >= 11 is 0. The lowest BCUT2D eigenvalue weighted by Crippen LogP contribution is -2.15. The third-order valence-electron chi connectivity index (χ3n) is 4.83. The van der Waals surface area contributed by atoms with Gasteiger partial charge in [0.05, 0.1) is 5.52 Å². The molecule has 0 saturated heterocycles. The van der Waals surface area contributed by atoms with Crippen LogP contribution in [0.3, 0.4) is 0 Å². The Morgan fingerprint density at radius 2 is 1.93 bits per heavy atom. The largest absolute Gasteiger partial charge is 0.480 e. The van der Waals surface area contributed by atoms with Crippen LogP contribution in [0.5, 0.6) is 0 Å². The van der Waals surface area contributed by atoms with Gasteiger partial charge in [0.1, 0.15) is 6.54 Å². The Hall–Kier alpha value is -3.75. The molecular weight excluding hydrogens is 372 g/mol. The van der Waals surface area contributed by atoms with Crippen molar-refractivity contribution in [3.63, 3.8) is 0 Å². The van der Waals surface area contributed by atoms with Gasteiger partial charge in [0, 0.05) is 35.5 Å². The summed E-state index contributed by atoms with van der Waals surface area (Å²) < 4.78 is 3.09. The number of anilines is 1. The molecule has 3 aromatic heterocycles. The van der Waals surface area contributed by atoms with Gasteiger partial charge in [-0.25, -0.2) is 9.50 Å². The van der Waals surface area contributed by atoms with Crippen LogP contribution in [-0.4, -0.2) is 41.4 Å². The third kappa shape index (κ3) is 3.66. The van der Waals surface area contributed by atoms with Gasteiger partial charge in [0.2, 0.25) is 5.91 Å². The van der Waals surface area contributed by atoms with Crippen molar-refractivity contribution < 1.29 is 14.7 Å². The first-order valence-corrected chi connectivity index (χ1v) is 9.21. The quantitative estimate of drug-likeness (QED) is 0.521. The number of fused-ring (bicyclic) bond motifs is 3. The molecule has 0 radical (unpaired) electrons. The molecule has 0 spiro atoms. The number of hydrogen-bond donors (Lipinski definition) is 2. The van der Waals surface area contributed by atoms with E-state index in [-0.39, 0.29) is 18.9 Å². The van der Waals surface area contributed by atoms with E-state index in [1.165, 1.54) is 10.9 Å². The van der Waals surface area contributed by atoms with Gasteiger partial charge < -0.3 is 10.4 Å². The predicted molar refractivity (Wildman–Crippen MR) is 107 cm³/mol. The lowest BCUT2D eigenvalue weighted by atomic mass is 10.1. The summed E-state index contributed by atoms with van der Waals surface area (Å²) in [6.45, 7) is 3.67. The van der Waals surface area contributed by atoms with E-state index in [1.807, 2.05) is 42.6 Å². The van der Waals surface area contributed by atoms with Gasteiger partial charge in [0.25, 0.3) is 0 Å². The molecule has 0 aliphatic heterocycles. The summed E-state index contributed by atoms with van der Waals surface area (Å²) in [5.74, 6) is -0.863. The topological polar surface area (TPSA) is 114 Å². The second-order valence-electron chi connectivity index (χ2n) is 6.85. The average Bonchev–Trinajstić information content (AvgIpc) is 3.25. The molecule has 4 rings (SSSR count). The normalized spacial score (nSPS) is 11.2. The molecule has 9 heteroatoms. The zero-order valence-electron chi connectivity index (χ0n) is 16.1. The van der Waals surface area contributed by atoms with Crippen molar-refractivity contribution >= 4 is 34.2 Å². The standard InChI is InChI=1S/C20H20N6O3/c1-12-14(7-8-18(27)22-17-9-10-25(24-17)11-19(28)29)13(2)26-20(21-12)15-5-3-4-6-16(15)23-26/h3-6,9-10H,7-8,11H2,1-2H3,(H,28,29)(H,22,24,27). The van der Waals surface area contributed by atoms with Crippen molar-refractivity contribution in [2.75, 3.05) is 5.32 Å². The summed E-state index contributed by atoms with van der Waals surface area (Å²) in [7, 11) is 0. The van der Waals surface area contributed by atoms with Crippen molar-refractivity contribution in [1.82, 2.24) is 24.4 Å². The highest BCUT2D eigenvalue weighted by Crippen LogP contribution is 2.23. The molecule has 1 aromatic carbocycles. The second kappa shape index (κ2) is 7.34. The number of nitrogens with zero attached hydrogens (tertiary/aromatic N) is 5. The smallest absolute Gasteiger partial charge is 0.325 e. The SMILES string of the molecule is Cc1nc2c3ccccc3nn2c(C)c1CCC(=O)Nc1ccn(CC(=O)O)n1. The van der Waals surface area contributed by atoms with Crippen LogP contribution in [0.2, 0.25) is 0 Å². The molecule has 0 bridgehead atoms. The molecule has 2 N–H and O–H groups in total. The Labute approximate surface area is 166 Å². The summed E-state index contributed by atoms with van der Waals surface area (Å²) in [5, 5.41) is 21.1. The number of aliphatic carboxylic acids is 1. The fraction of sp³-hybridized carbons (Fsp3) is 0.250. The van der Waals surface area contributed by atoms with Gasteiger partial charge in [-0.3, -0.25) is 14.3 Å². The third-order valence-corrected chi connectivity index (χ3v) is 4.83. The number of hydrogen-bond acceptors (Lipinski definition) is 5. The van der Waals surface area contributed by atoms with E-state index < -0.39 is 5.97 Å². The van der Waals surface area contributed by atoms with E-state index in [2.05, 4.69) is 15.5 Å². The van der Waals surface area contributed by atoms with Gasteiger partial charge in [0.15, 0.2) is 11.5 Å². The average molecular weight is 392 g/mol. The molecule has 148 valence electrons. The zero-order chi connectivity index (χ0) is 20.5. The van der Waals surface area contributed by atoms with Gasteiger partial charge in [-0.2, -0.15) is 10.2 Å². The Morgan fingerprint density at radius 1 is 1.14 bits per heavy atom. The van der Waals surface area contributed by atoms with Gasteiger partial charge in [-0.1, -0.05) is 12.1 Å². The Morgan fingerprint density at radius 3 is 2.72 bits per heavy atom. The molecular formula is C20H20N6O3. The Kier molecular flexibility index (Phi) is 4.71. The van der Waals surface area contributed by atoms with E-state index in [4.69, 9.17) is 10.1 Å². The fourth-order valence-corrected chi connectivity index (χ4v) is 3.44. The fourth-order valence-electron chi connectivity index (χ4n) is 3.44. The van der Waals surface area contributed by atoms with E-state index in [1.54, 1.807) is 6.07 Å². The van der Waals surface area contributed by atoms with Crippen LogP contribution in [0.15, 0.2) is 36.5 Å². The number of nitrogens with one attached hydrogen (secondary N) is 1. The lowest BCUT2D eigenvalue weighted by molar-refractivity contribution is -0.137. The minimum atomic E-state index is -0.994. The molecule has 0 atom stereocenters. The number of aryl methyl sites for hydroxylation is 2. The van der Waals surface area contributed by atoms with Crippen LogP contribution in [0, 0.1) is 13.8 Å². The van der Waals surface area contributed by atoms with Crippen LogP contribution in [-0.2, 0) is 22.6 Å². The number of carboxylic acid groups (broad SMARTS) is 1. The molecule has 0 aliphatic rings. The van der Waals surface area contributed by atoms with E-state index in [0.29, 0.717) is 12.2 Å². The Balaban J connectivity index is 1.50. The van der Waals surface area contributed by atoms with Crippen molar-refractivity contribution in [3.05, 3.63) is 53.5 Å². The van der Waals surface area contributed by atoms with Crippen LogP contribution < -0.4 is 5.32 Å². The van der Waals surface area contributed by atoms with Crippen LogP contribution >= 0.6 is 0 Å². The lowest BCUT2D eigenvalue weighted by Gasteiger charge is -2.11. The highest BCUT2D eigenvalue weighted by atomic mass is 16.4. The van der Waals surface area contributed by atoms with Crippen molar-refractivity contribution in [3.8, 4) is 0 Å². The molecule has 0 saturated carbocycles. The number of carboxylic acids is 1. The molecule has 29 heavy (non-hydrogen) atoms. The van der Waals surface area contributed by atoms with E-state index in [0.717, 1.165) is 33.5 Å². The first kappa shape index (κ1) is 18.6. The summed E-state index contributed by atoms with van der Waals surface area (Å²) in [4.78, 5) is 27.8. The first-order chi connectivity index (χ1) is 13.9. The predicted octanol–water partition coefficient (Wildman–Crippen LogP) is 2.35. The summed E-state index contributed by atoms with van der Waals surface area (Å²) in [6, 6.07) is 9.43. The number of aromatic nitrogens is 5. The molecule has 0 aliphatic carbocycles. The van der Waals surface area contributed by atoms with Crippen LogP contribution in [0.4, 0.5) is 5.82 Å². The maximum atomic E-state index is 12.3.